The van der Waals surface area contributed by atoms with Crippen LogP contribution in [0.2, 0.25) is 0 Å². The number of benzene rings is 1. The van der Waals surface area contributed by atoms with Crippen LogP contribution >= 0.6 is 0 Å². The van der Waals surface area contributed by atoms with Crippen molar-refractivity contribution in [2.45, 2.75) is 0 Å². The molecule has 0 saturated heterocycles. The topological polar surface area (TPSA) is 62.6 Å². The SMILES string of the molecule is OB(O)Oc1ccnc2ccccc12. The summed E-state index contributed by atoms with van der Waals surface area (Å²) in [4.78, 5) is 4.11. The maximum Gasteiger partial charge on any atom is 0.707 e. The molecule has 0 amide bonds. The quantitative estimate of drug-likeness (QED) is 0.678. The van der Waals surface area contributed by atoms with E-state index in [2.05, 4.69) is 4.98 Å². The molecule has 14 heavy (non-hydrogen) atoms. The van der Waals surface area contributed by atoms with Gasteiger partial charge in [-0.05, 0) is 18.2 Å². The van der Waals surface area contributed by atoms with Gasteiger partial charge >= 0.3 is 7.32 Å². The second kappa shape index (κ2) is 3.65. The van der Waals surface area contributed by atoms with Gasteiger partial charge in [-0.2, -0.15) is 0 Å². The Balaban J connectivity index is 2.53. The van der Waals surface area contributed by atoms with Crippen LogP contribution in [0.4, 0.5) is 0 Å². The van der Waals surface area contributed by atoms with Crippen LogP contribution in [-0.2, 0) is 0 Å². The van der Waals surface area contributed by atoms with Gasteiger partial charge in [0.05, 0.1) is 5.52 Å². The minimum Gasteiger partial charge on any atom is -0.511 e. The van der Waals surface area contributed by atoms with Gasteiger partial charge in [0.25, 0.3) is 0 Å². The number of hydrogen-bond donors (Lipinski definition) is 2. The third-order valence-electron chi connectivity index (χ3n) is 1.84. The Morgan fingerprint density at radius 1 is 1.14 bits per heavy atom. The van der Waals surface area contributed by atoms with Crippen molar-refractivity contribution in [2.24, 2.45) is 0 Å². The van der Waals surface area contributed by atoms with E-state index in [4.69, 9.17) is 14.7 Å². The highest BCUT2D eigenvalue weighted by Gasteiger charge is 2.12. The molecule has 0 spiro atoms. The van der Waals surface area contributed by atoms with E-state index in [-0.39, 0.29) is 0 Å². The predicted molar refractivity (Wildman–Crippen MR) is 52.6 cm³/mol. The Morgan fingerprint density at radius 3 is 2.71 bits per heavy atom. The Bertz CT molecular complexity index is 442. The van der Waals surface area contributed by atoms with Crippen molar-refractivity contribution in [1.29, 1.82) is 0 Å². The van der Waals surface area contributed by atoms with Crippen molar-refractivity contribution in [1.82, 2.24) is 4.98 Å². The highest BCUT2D eigenvalue weighted by atomic mass is 16.6. The van der Waals surface area contributed by atoms with Gasteiger partial charge in [0, 0.05) is 11.6 Å². The van der Waals surface area contributed by atoms with Crippen molar-refractivity contribution in [3.8, 4) is 5.75 Å². The fraction of sp³-hybridized carbons (Fsp3) is 0. The van der Waals surface area contributed by atoms with E-state index in [1.54, 1.807) is 18.3 Å². The van der Waals surface area contributed by atoms with Crippen LogP contribution in [0.1, 0.15) is 0 Å². The van der Waals surface area contributed by atoms with E-state index in [9.17, 15) is 0 Å². The number of hydrogen-bond acceptors (Lipinski definition) is 4. The molecule has 0 aliphatic rings. The Morgan fingerprint density at radius 2 is 1.93 bits per heavy atom. The molecule has 1 aromatic heterocycles. The van der Waals surface area contributed by atoms with Crippen LogP contribution in [0.3, 0.4) is 0 Å². The van der Waals surface area contributed by atoms with Crippen LogP contribution in [0.25, 0.3) is 10.9 Å². The summed E-state index contributed by atoms with van der Waals surface area (Å²) >= 11 is 0. The molecule has 70 valence electrons. The molecule has 0 bridgehead atoms. The summed E-state index contributed by atoms with van der Waals surface area (Å²) in [5, 5.41) is 18.1. The molecule has 1 aromatic carbocycles. The summed E-state index contributed by atoms with van der Waals surface area (Å²) in [5.41, 5.74) is 0.755. The van der Waals surface area contributed by atoms with E-state index < -0.39 is 7.32 Å². The standard InChI is InChI=1S/C9H8BNO3/c12-10(13)14-9-5-6-11-8-4-2-1-3-7(8)9/h1-6,12-13H. The van der Waals surface area contributed by atoms with Crippen LogP contribution in [0, 0.1) is 0 Å². The lowest BCUT2D eigenvalue weighted by atomic mass is 10.2. The summed E-state index contributed by atoms with van der Waals surface area (Å²) in [6.45, 7) is 0. The Labute approximate surface area is 81.0 Å². The molecule has 0 aliphatic carbocycles. The summed E-state index contributed by atoms with van der Waals surface area (Å²) in [7, 11) is -1.80. The maximum atomic E-state index is 8.68. The van der Waals surface area contributed by atoms with Gasteiger partial charge in [0.1, 0.15) is 5.75 Å². The Hall–Kier alpha value is -1.59. The number of para-hydroxylation sites is 1. The molecule has 0 radical (unpaired) electrons. The molecular formula is C9H8BNO3. The lowest BCUT2D eigenvalue weighted by molar-refractivity contribution is 0.289. The monoisotopic (exact) mass is 189 g/mol. The van der Waals surface area contributed by atoms with Crippen LogP contribution in [-0.4, -0.2) is 22.4 Å². The highest BCUT2D eigenvalue weighted by Crippen LogP contribution is 2.23. The number of aromatic nitrogens is 1. The second-order valence-electron chi connectivity index (χ2n) is 2.77. The first-order valence-electron chi connectivity index (χ1n) is 4.14. The summed E-state index contributed by atoms with van der Waals surface area (Å²) < 4.78 is 4.80. The smallest absolute Gasteiger partial charge is 0.511 e. The molecule has 4 nitrogen and oxygen atoms in total. The van der Waals surface area contributed by atoms with Crippen molar-refractivity contribution in [3.05, 3.63) is 36.5 Å². The van der Waals surface area contributed by atoms with E-state index in [1.165, 1.54) is 0 Å². The van der Waals surface area contributed by atoms with Gasteiger partial charge in [-0.25, -0.2) is 0 Å². The minimum atomic E-state index is -1.80. The van der Waals surface area contributed by atoms with Gasteiger partial charge in [-0.3, -0.25) is 4.98 Å². The zero-order chi connectivity index (χ0) is 9.97. The lowest BCUT2D eigenvalue weighted by Gasteiger charge is -2.06. The van der Waals surface area contributed by atoms with Gasteiger partial charge < -0.3 is 14.7 Å². The molecule has 0 fully saturated rings. The van der Waals surface area contributed by atoms with E-state index in [0.717, 1.165) is 10.9 Å². The van der Waals surface area contributed by atoms with Gasteiger partial charge in [0.15, 0.2) is 0 Å². The number of fused-ring (bicyclic) bond motifs is 1. The van der Waals surface area contributed by atoms with Crippen LogP contribution in [0.5, 0.6) is 5.75 Å². The molecule has 0 aliphatic heterocycles. The average molecular weight is 189 g/mol. The predicted octanol–water partition coefficient (Wildman–Crippen LogP) is 0.583. The van der Waals surface area contributed by atoms with Gasteiger partial charge in [-0.1, -0.05) is 12.1 Å². The van der Waals surface area contributed by atoms with Gasteiger partial charge in [-0.15, -0.1) is 0 Å². The molecule has 0 unspecified atom stereocenters. The molecular weight excluding hydrogens is 181 g/mol. The third kappa shape index (κ3) is 1.68. The number of pyridine rings is 1. The van der Waals surface area contributed by atoms with Crippen molar-refractivity contribution in [2.75, 3.05) is 0 Å². The van der Waals surface area contributed by atoms with Crippen LogP contribution < -0.4 is 4.65 Å². The van der Waals surface area contributed by atoms with E-state index in [1.807, 2.05) is 18.2 Å². The number of nitrogens with zero attached hydrogens (tertiary/aromatic N) is 1. The molecule has 0 atom stereocenters. The molecule has 2 aromatic rings. The molecule has 2 rings (SSSR count). The van der Waals surface area contributed by atoms with E-state index in [0.29, 0.717) is 5.75 Å². The molecule has 5 heteroatoms. The molecule has 2 N–H and O–H groups in total. The van der Waals surface area contributed by atoms with Crippen molar-refractivity contribution < 1.29 is 14.7 Å². The maximum absolute atomic E-state index is 8.68. The minimum absolute atomic E-state index is 0.408. The van der Waals surface area contributed by atoms with Crippen molar-refractivity contribution in [3.63, 3.8) is 0 Å². The molecule has 1 heterocycles. The van der Waals surface area contributed by atoms with Crippen molar-refractivity contribution >= 4 is 18.2 Å². The fourth-order valence-electron chi connectivity index (χ4n) is 1.29. The van der Waals surface area contributed by atoms with Gasteiger partial charge in [0.2, 0.25) is 0 Å². The molecule has 0 saturated carbocycles. The Kier molecular flexibility index (Phi) is 2.34. The first-order valence-corrected chi connectivity index (χ1v) is 4.14. The zero-order valence-electron chi connectivity index (χ0n) is 7.29. The van der Waals surface area contributed by atoms with Crippen LogP contribution in [0.15, 0.2) is 36.5 Å². The lowest BCUT2D eigenvalue weighted by Crippen LogP contribution is -2.20. The first kappa shape index (κ1) is 8.99. The number of rotatable bonds is 2. The summed E-state index contributed by atoms with van der Waals surface area (Å²) in [6, 6.07) is 8.91. The summed E-state index contributed by atoms with van der Waals surface area (Å²) in [5.74, 6) is 0.408. The normalized spacial score (nSPS) is 10.1. The summed E-state index contributed by atoms with van der Waals surface area (Å²) in [6.07, 6.45) is 1.56. The second-order valence-corrected chi connectivity index (χ2v) is 2.77. The zero-order valence-corrected chi connectivity index (χ0v) is 7.29. The first-order chi connectivity index (χ1) is 6.77. The average Bonchev–Trinajstić information content (AvgIpc) is 2.18. The van der Waals surface area contributed by atoms with E-state index >= 15 is 0 Å². The largest absolute Gasteiger partial charge is 0.707 e. The third-order valence-corrected chi connectivity index (χ3v) is 1.84. The highest BCUT2D eigenvalue weighted by molar-refractivity contribution is 6.34. The fourth-order valence-corrected chi connectivity index (χ4v) is 1.29.